The molecule has 0 amide bonds. The van der Waals surface area contributed by atoms with Gasteiger partial charge in [-0.25, -0.2) is 22.6 Å². The molecule has 0 fully saturated rings. The molecule has 0 aliphatic carbocycles. The van der Waals surface area contributed by atoms with Crippen LogP contribution >= 0.6 is 0 Å². The number of hydrogen-bond donors (Lipinski definition) is 0. The van der Waals surface area contributed by atoms with Crippen LogP contribution in [0.25, 0.3) is 5.69 Å². The molecule has 0 saturated heterocycles. The molecule has 1 aromatic carbocycles. The van der Waals surface area contributed by atoms with Crippen LogP contribution in [-0.4, -0.2) is 22.4 Å². The van der Waals surface area contributed by atoms with Crippen LogP contribution in [0.1, 0.15) is 23.1 Å². The highest BCUT2D eigenvalue weighted by Gasteiger charge is 2.21. The molecule has 0 unspecified atom stereocenters. The molecule has 0 atom stereocenters. The number of hydrogen-bond acceptors (Lipinski definition) is 3. The smallest absolute Gasteiger partial charge is 0.357 e. The van der Waals surface area contributed by atoms with Crippen molar-refractivity contribution in [3.05, 3.63) is 47.0 Å². The first-order valence-corrected chi connectivity index (χ1v) is 5.83. The van der Waals surface area contributed by atoms with Gasteiger partial charge in [-0.15, -0.1) is 0 Å². The van der Waals surface area contributed by atoms with E-state index in [0.717, 1.165) is 16.8 Å². The molecule has 0 aliphatic rings. The van der Waals surface area contributed by atoms with Crippen LogP contribution in [-0.2, 0) is 4.74 Å². The highest BCUT2D eigenvalue weighted by Crippen LogP contribution is 2.21. The lowest BCUT2D eigenvalue weighted by Gasteiger charge is -2.08. The number of carbonyl (C=O) groups is 1. The summed E-state index contributed by atoms with van der Waals surface area (Å²) in [5.74, 6) is -5.07. The number of halogens is 3. The van der Waals surface area contributed by atoms with E-state index in [-0.39, 0.29) is 18.0 Å². The van der Waals surface area contributed by atoms with Gasteiger partial charge in [-0.3, -0.25) is 0 Å². The summed E-state index contributed by atoms with van der Waals surface area (Å²) in [6, 6.07) is 3.14. The Labute approximate surface area is 112 Å². The fourth-order valence-electron chi connectivity index (χ4n) is 1.71. The molecule has 7 heteroatoms. The topological polar surface area (TPSA) is 44.1 Å². The van der Waals surface area contributed by atoms with Crippen molar-refractivity contribution >= 4 is 5.97 Å². The monoisotopic (exact) mass is 284 g/mol. The first kappa shape index (κ1) is 14.1. The number of benzene rings is 1. The maximum Gasteiger partial charge on any atom is 0.357 e. The van der Waals surface area contributed by atoms with Crippen molar-refractivity contribution in [1.29, 1.82) is 0 Å². The van der Waals surface area contributed by atoms with Crippen molar-refractivity contribution in [1.82, 2.24) is 9.78 Å². The summed E-state index contributed by atoms with van der Waals surface area (Å²) in [6.45, 7) is 3.32. The van der Waals surface area contributed by atoms with Crippen molar-refractivity contribution < 1.29 is 22.7 Å². The minimum atomic E-state index is -1.62. The zero-order chi connectivity index (χ0) is 14.9. The highest BCUT2D eigenvalue weighted by molar-refractivity contribution is 5.88. The minimum Gasteiger partial charge on any atom is -0.461 e. The van der Waals surface area contributed by atoms with Crippen molar-refractivity contribution in [3.8, 4) is 5.69 Å². The summed E-state index contributed by atoms with van der Waals surface area (Å²) < 4.78 is 45.6. The number of carbonyl (C=O) groups excluding carboxylic acids is 1. The van der Waals surface area contributed by atoms with Gasteiger partial charge in [-0.1, -0.05) is 0 Å². The van der Waals surface area contributed by atoms with Gasteiger partial charge >= 0.3 is 5.97 Å². The maximum atomic E-state index is 13.8. The van der Waals surface area contributed by atoms with Crippen molar-refractivity contribution in [2.75, 3.05) is 6.61 Å². The fourth-order valence-corrected chi connectivity index (χ4v) is 1.71. The Bertz CT molecular complexity index is 668. The summed E-state index contributed by atoms with van der Waals surface area (Å²) in [5, 5.41) is 3.90. The fraction of sp³-hybridized carbons (Fsp3) is 0.231. The summed E-state index contributed by atoms with van der Waals surface area (Å²) in [5.41, 5.74) is -0.00787. The third-order valence-electron chi connectivity index (χ3n) is 2.56. The van der Waals surface area contributed by atoms with Crippen LogP contribution in [0.15, 0.2) is 18.2 Å². The van der Waals surface area contributed by atoms with E-state index in [2.05, 4.69) is 5.10 Å². The first-order valence-electron chi connectivity index (χ1n) is 5.83. The Kier molecular flexibility index (Phi) is 3.78. The summed E-state index contributed by atoms with van der Waals surface area (Å²) in [4.78, 5) is 11.7. The van der Waals surface area contributed by atoms with Gasteiger partial charge in [0.05, 0.1) is 12.3 Å². The quantitative estimate of drug-likeness (QED) is 0.643. The number of rotatable bonds is 3. The zero-order valence-electron chi connectivity index (χ0n) is 10.8. The molecule has 0 bridgehead atoms. The number of nitrogens with zero attached hydrogens (tertiary/aromatic N) is 2. The average molecular weight is 284 g/mol. The van der Waals surface area contributed by atoms with Gasteiger partial charge in [-0.05, 0) is 32.0 Å². The van der Waals surface area contributed by atoms with Gasteiger partial charge in [0.1, 0.15) is 5.69 Å². The summed E-state index contributed by atoms with van der Waals surface area (Å²) in [7, 11) is 0. The molecule has 106 valence electrons. The highest BCUT2D eigenvalue weighted by atomic mass is 19.2. The van der Waals surface area contributed by atoms with E-state index in [1.54, 1.807) is 13.8 Å². The molecule has 4 nitrogen and oxygen atoms in total. The molecule has 0 radical (unpaired) electrons. The third-order valence-corrected chi connectivity index (χ3v) is 2.56. The molecular weight excluding hydrogens is 273 g/mol. The van der Waals surface area contributed by atoms with Crippen LogP contribution in [0.2, 0.25) is 0 Å². The Morgan fingerprint density at radius 3 is 2.65 bits per heavy atom. The number of ether oxygens (including phenoxy) is 1. The van der Waals surface area contributed by atoms with E-state index < -0.39 is 23.4 Å². The van der Waals surface area contributed by atoms with Gasteiger partial charge in [0.25, 0.3) is 0 Å². The van der Waals surface area contributed by atoms with E-state index in [0.29, 0.717) is 5.69 Å². The minimum absolute atomic E-state index is 0.0609. The zero-order valence-corrected chi connectivity index (χ0v) is 10.8. The lowest BCUT2D eigenvalue weighted by molar-refractivity contribution is 0.0515. The SMILES string of the molecule is CCOC(=O)c1cc(C)nn1-c1ccc(F)c(F)c1F. The van der Waals surface area contributed by atoms with Crippen molar-refractivity contribution in [2.45, 2.75) is 13.8 Å². The van der Waals surface area contributed by atoms with Crippen molar-refractivity contribution in [2.24, 2.45) is 0 Å². The summed E-state index contributed by atoms with van der Waals surface area (Å²) in [6.07, 6.45) is 0. The van der Waals surface area contributed by atoms with Crippen LogP contribution in [0.4, 0.5) is 13.2 Å². The Morgan fingerprint density at radius 2 is 2.00 bits per heavy atom. The number of aryl methyl sites for hydroxylation is 1. The van der Waals surface area contributed by atoms with E-state index >= 15 is 0 Å². The number of aromatic nitrogens is 2. The van der Waals surface area contributed by atoms with Gasteiger partial charge in [0.2, 0.25) is 0 Å². The Hall–Kier alpha value is -2.31. The molecule has 0 saturated carbocycles. The standard InChI is InChI=1S/C13H11F3N2O2/c1-3-20-13(19)10-6-7(2)17-18(10)9-5-4-8(14)11(15)12(9)16/h4-6H,3H2,1-2H3. The van der Waals surface area contributed by atoms with Gasteiger partial charge in [0.15, 0.2) is 23.1 Å². The predicted octanol–water partition coefficient (Wildman–Crippen LogP) is 2.77. The van der Waals surface area contributed by atoms with Gasteiger partial charge in [-0.2, -0.15) is 5.10 Å². The molecule has 1 heterocycles. The van der Waals surface area contributed by atoms with E-state index in [9.17, 15) is 18.0 Å². The van der Waals surface area contributed by atoms with Crippen LogP contribution in [0.3, 0.4) is 0 Å². The maximum absolute atomic E-state index is 13.8. The molecule has 2 aromatic rings. The van der Waals surface area contributed by atoms with Crippen molar-refractivity contribution in [3.63, 3.8) is 0 Å². The molecule has 20 heavy (non-hydrogen) atoms. The third kappa shape index (κ3) is 2.38. The lowest BCUT2D eigenvalue weighted by atomic mass is 10.2. The Balaban J connectivity index is 2.59. The summed E-state index contributed by atoms with van der Waals surface area (Å²) >= 11 is 0. The van der Waals surface area contributed by atoms with Crippen LogP contribution in [0, 0.1) is 24.4 Å². The molecule has 0 N–H and O–H groups in total. The lowest BCUT2D eigenvalue weighted by Crippen LogP contribution is -2.13. The normalized spacial score (nSPS) is 10.7. The largest absolute Gasteiger partial charge is 0.461 e. The van der Waals surface area contributed by atoms with E-state index in [1.807, 2.05) is 0 Å². The molecule has 1 aromatic heterocycles. The van der Waals surface area contributed by atoms with Gasteiger partial charge in [0, 0.05) is 0 Å². The Morgan fingerprint density at radius 1 is 1.30 bits per heavy atom. The number of esters is 1. The van der Waals surface area contributed by atoms with Gasteiger partial charge < -0.3 is 4.74 Å². The first-order chi connectivity index (χ1) is 9.45. The second-order valence-electron chi connectivity index (χ2n) is 4.00. The van der Waals surface area contributed by atoms with Crippen LogP contribution < -0.4 is 0 Å². The van der Waals surface area contributed by atoms with E-state index in [1.165, 1.54) is 6.07 Å². The molecule has 0 spiro atoms. The second-order valence-corrected chi connectivity index (χ2v) is 4.00. The predicted molar refractivity (Wildman–Crippen MR) is 64.1 cm³/mol. The van der Waals surface area contributed by atoms with Crippen LogP contribution in [0.5, 0.6) is 0 Å². The molecule has 2 rings (SSSR count). The molecular formula is C13H11F3N2O2. The van der Waals surface area contributed by atoms with E-state index in [4.69, 9.17) is 4.74 Å². The average Bonchev–Trinajstić information content (AvgIpc) is 2.78. The molecule has 0 aliphatic heterocycles. The second kappa shape index (κ2) is 5.36.